The number of likely N-dealkylation sites (tertiary alicyclic amines) is 1. The number of carbonyl (C=O) groups excluding carboxylic acids is 1. The number of halogens is 1. The van der Waals surface area contributed by atoms with Gasteiger partial charge in [-0.1, -0.05) is 34.6 Å². The van der Waals surface area contributed by atoms with Gasteiger partial charge in [-0.05, 0) is 81.4 Å². The molecule has 1 aromatic carbocycles. The van der Waals surface area contributed by atoms with Crippen molar-refractivity contribution in [2.75, 3.05) is 39.8 Å². The number of benzene rings is 1. The zero-order valence-corrected chi connectivity index (χ0v) is 18.9. The minimum atomic E-state index is 0.282. The van der Waals surface area contributed by atoms with Crippen molar-refractivity contribution < 1.29 is 9.53 Å². The number of amides is 1. The minimum absolute atomic E-state index is 0.282. The van der Waals surface area contributed by atoms with Crippen molar-refractivity contribution >= 4 is 32.9 Å². The molecule has 0 aliphatic carbocycles. The van der Waals surface area contributed by atoms with Gasteiger partial charge in [0.1, 0.15) is 5.75 Å². The van der Waals surface area contributed by atoms with E-state index in [0.29, 0.717) is 5.25 Å². The summed E-state index contributed by atoms with van der Waals surface area (Å²) < 4.78 is 6.55. The molecule has 2 aliphatic rings. The van der Waals surface area contributed by atoms with Crippen LogP contribution in [0.1, 0.15) is 38.2 Å². The maximum absolute atomic E-state index is 12.0. The lowest BCUT2D eigenvalue weighted by atomic mass is 9.90. The van der Waals surface area contributed by atoms with E-state index in [0.717, 1.165) is 50.6 Å². The standard InChI is InChI=1S/C21H31BrN2O2S/c1-3-9-24-15-19(27-21(24)25)8-12-23-10-6-16(7-11-23)13-17-14-18(26-2)4-5-20(17)22/h4-5,14,16,19H,3,6-13,15H2,1-2H3. The van der Waals surface area contributed by atoms with Crippen molar-refractivity contribution in [3.05, 3.63) is 28.2 Å². The number of ether oxygens (including phenoxy) is 1. The van der Waals surface area contributed by atoms with Gasteiger partial charge in [-0.25, -0.2) is 0 Å². The number of nitrogens with zero attached hydrogens (tertiary/aromatic N) is 2. The van der Waals surface area contributed by atoms with Crippen molar-refractivity contribution in [3.8, 4) is 5.75 Å². The quantitative estimate of drug-likeness (QED) is 0.549. The number of methoxy groups -OCH3 is 1. The highest BCUT2D eigenvalue weighted by molar-refractivity contribution is 9.10. The van der Waals surface area contributed by atoms with Crippen LogP contribution in [0.25, 0.3) is 0 Å². The summed E-state index contributed by atoms with van der Waals surface area (Å²) in [5, 5.41) is 0.763. The summed E-state index contributed by atoms with van der Waals surface area (Å²) in [6, 6.07) is 6.25. The van der Waals surface area contributed by atoms with Gasteiger partial charge >= 0.3 is 0 Å². The summed E-state index contributed by atoms with van der Waals surface area (Å²) in [5.74, 6) is 1.68. The van der Waals surface area contributed by atoms with Crippen LogP contribution in [0.4, 0.5) is 4.79 Å². The SMILES string of the molecule is CCCN1CC(CCN2CCC(Cc3cc(OC)ccc3Br)CC2)SC1=O. The molecule has 27 heavy (non-hydrogen) atoms. The molecule has 0 N–H and O–H groups in total. The Hall–Kier alpha value is -0.720. The van der Waals surface area contributed by atoms with Gasteiger partial charge in [-0.15, -0.1) is 0 Å². The molecule has 2 heterocycles. The molecule has 2 fully saturated rings. The van der Waals surface area contributed by atoms with Gasteiger partial charge in [0.15, 0.2) is 0 Å². The van der Waals surface area contributed by atoms with Crippen molar-refractivity contribution in [2.45, 2.75) is 44.3 Å². The van der Waals surface area contributed by atoms with Crippen LogP contribution in [0.3, 0.4) is 0 Å². The Balaban J connectivity index is 1.40. The number of thioether (sulfide) groups is 1. The monoisotopic (exact) mass is 454 g/mol. The zero-order chi connectivity index (χ0) is 19.2. The maximum Gasteiger partial charge on any atom is 0.282 e. The summed E-state index contributed by atoms with van der Waals surface area (Å²) in [6.45, 7) is 7.47. The second-order valence-corrected chi connectivity index (χ2v) is 9.79. The second-order valence-electron chi connectivity index (χ2n) is 7.69. The summed E-state index contributed by atoms with van der Waals surface area (Å²) in [6.07, 6.45) is 5.80. The van der Waals surface area contributed by atoms with Crippen LogP contribution < -0.4 is 4.74 Å². The average molecular weight is 455 g/mol. The predicted octanol–water partition coefficient (Wildman–Crippen LogP) is 5.05. The fraction of sp³-hybridized carbons (Fsp3) is 0.667. The van der Waals surface area contributed by atoms with Crippen LogP contribution in [0, 0.1) is 5.92 Å². The molecule has 0 saturated carbocycles. The summed E-state index contributed by atoms with van der Waals surface area (Å²) >= 11 is 5.23. The first-order chi connectivity index (χ1) is 13.1. The number of rotatable bonds is 8. The highest BCUT2D eigenvalue weighted by atomic mass is 79.9. The van der Waals surface area contributed by atoms with Crippen LogP contribution in [0.5, 0.6) is 5.75 Å². The van der Waals surface area contributed by atoms with E-state index in [2.05, 4.69) is 39.9 Å². The van der Waals surface area contributed by atoms with Crippen molar-refractivity contribution in [3.63, 3.8) is 0 Å². The maximum atomic E-state index is 12.0. The topological polar surface area (TPSA) is 32.8 Å². The van der Waals surface area contributed by atoms with Crippen molar-refractivity contribution in [2.24, 2.45) is 5.92 Å². The molecule has 2 saturated heterocycles. The Labute approximate surface area is 176 Å². The first kappa shape index (κ1) is 21.0. The average Bonchev–Trinajstić information content (AvgIpc) is 3.03. The van der Waals surface area contributed by atoms with E-state index >= 15 is 0 Å². The highest BCUT2D eigenvalue weighted by Crippen LogP contribution is 2.30. The molecule has 4 nitrogen and oxygen atoms in total. The van der Waals surface area contributed by atoms with Gasteiger partial charge in [0.25, 0.3) is 5.24 Å². The third kappa shape index (κ3) is 5.88. The molecule has 3 rings (SSSR count). The molecular formula is C21H31BrN2O2S. The molecule has 0 spiro atoms. The molecular weight excluding hydrogens is 424 g/mol. The molecule has 150 valence electrons. The fourth-order valence-electron chi connectivity index (χ4n) is 4.06. The highest BCUT2D eigenvalue weighted by Gasteiger charge is 2.30. The van der Waals surface area contributed by atoms with Crippen LogP contribution in [0.15, 0.2) is 22.7 Å². The molecule has 6 heteroatoms. The van der Waals surface area contributed by atoms with Crippen LogP contribution in [-0.2, 0) is 6.42 Å². The molecule has 1 atom stereocenters. The molecule has 0 radical (unpaired) electrons. The van der Waals surface area contributed by atoms with Gasteiger partial charge in [0.05, 0.1) is 7.11 Å². The van der Waals surface area contributed by atoms with Crippen molar-refractivity contribution in [1.29, 1.82) is 0 Å². The smallest absolute Gasteiger partial charge is 0.282 e. The van der Waals surface area contributed by atoms with Crippen LogP contribution in [-0.4, -0.2) is 60.1 Å². The lowest BCUT2D eigenvalue weighted by Crippen LogP contribution is -2.36. The third-order valence-electron chi connectivity index (χ3n) is 5.68. The molecule has 0 aromatic heterocycles. The summed E-state index contributed by atoms with van der Waals surface area (Å²) in [4.78, 5) is 16.6. The molecule has 1 aromatic rings. The fourth-order valence-corrected chi connectivity index (χ4v) is 5.55. The van der Waals surface area contributed by atoms with Gasteiger partial charge in [-0.3, -0.25) is 4.79 Å². The predicted molar refractivity (Wildman–Crippen MR) is 117 cm³/mol. The Bertz CT molecular complexity index is 635. The van der Waals surface area contributed by atoms with E-state index in [1.165, 1.54) is 36.0 Å². The molecule has 0 bridgehead atoms. The Morgan fingerprint density at radius 2 is 2.04 bits per heavy atom. The Morgan fingerprint density at radius 1 is 1.26 bits per heavy atom. The number of hydrogen-bond donors (Lipinski definition) is 0. The van der Waals surface area contributed by atoms with E-state index in [1.807, 2.05) is 11.0 Å². The van der Waals surface area contributed by atoms with E-state index < -0.39 is 0 Å². The molecule has 1 unspecified atom stereocenters. The Morgan fingerprint density at radius 3 is 2.74 bits per heavy atom. The lowest BCUT2D eigenvalue weighted by molar-refractivity contribution is 0.180. The number of piperidine rings is 1. The zero-order valence-electron chi connectivity index (χ0n) is 16.5. The first-order valence-electron chi connectivity index (χ1n) is 10.1. The number of hydrogen-bond acceptors (Lipinski definition) is 4. The van der Waals surface area contributed by atoms with E-state index in [4.69, 9.17) is 4.74 Å². The minimum Gasteiger partial charge on any atom is -0.497 e. The summed E-state index contributed by atoms with van der Waals surface area (Å²) in [5.41, 5.74) is 1.35. The van der Waals surface area contributed by atoms with E-state index in [1.54, 1.807) is 18.9 Å². The normalized spacial score (nSPS) is 21.8. The molecule has 1 amide bonds. The number of carbonyl (C=O) groups is 1. The Kier molecular flexibility index (Phi) is 7.91. The largest absolute Gasteiger partial charge is 0.497 e. The second kappa shape index (κ2) is 10.2. The van der Waals surface area contributed by atoms with E-state index in [-0.39, 0.29) is 5.24 Å². The van der Waals surface area contributed by atoms with E-state index in [9.17, 15) is 4.79 Å². The summed E-state index contributed by atoms with van der Waals surface area (Å²) in [7, 11) is 1.73. The van der Waals surface area contributed by atoms with Gasteiger partial charge in [-0.2, -0.15) is 0 Å². The first-order valence-corrected chi connectivity index (χ1v) is 11.8. The van der Waals surface area contributed by atoms with Gasteiger partial charge in [0, 0.05) is 22.8 Å². The molecule has 2 aliphatic heterocycles. The van der Waals surface area contributed by atoms with Crippen molar-refractivity contribution in [1.82, 2.24) is 9.80 Å². The van der Waals surface area contributed by atoms with Crippen LogP contribution >= 0.6 is 27.7 Å². The lowest BCUT2D eigenvalue weighted by Gasteiger charge is -2.32. The van der Waals surface area contributed by atoms with Crippen LogP contribution in [0.2, 0.25) is 0 Å². The van der Waals surface area contributed by atoms with Gasteiger partial charge < -0.3 is 14.5 Å². The third-order valence-corrected chi connectivity index (χ3v) is 7.63. The van der Waals surface area contributed by atoms with Gasteiger partial charge in [0.2, 0.25) is 0 Å².